The van der Waals surface area contributed by atoms with Crippen LogP contribution in [0.4, 0.5) is 4.39 Å². The molecule has 21 heavy (non-hydrogen) atoms. The van der Waals surface area contributed by atoms with Crippen LogP contribution in [0.15, 0.2) is 36.4 Å². The first-order valence-electron chi connectivity index (χ1n) is 7.23. The minimum atomic E-state index is -0.230. The second kappa shape index (κ2) is 6.72. The molecule has 2 rings (SSSR count). The molecule has 0 aliphatic rings. The average molecular weight is 287 g/mol. The fourth-order valence-corrected chi connectivity index (χ4v) is 2.53. The van der Waals surface area contributed by atoms with Crippen molar-refractivity contribution in [2.45, 2.75) is 26.8 Å². The van der Waals surface area contributed by atoms with E-state index >= 15 is 0 Å². The van der Waals surface area contributed by atoms with Crippen LogP contribution in [0, 0.1) is 19.7 Å². The molecule has 1 N–H and O–H groups in total. The average Bonchev–Trinajstić information content (AvgIpc) is 2.45. The third kappa shape index (κ3) is 3.42. The van der Waals surface area contributed by atoms with Gasteiger partial charge in [-0.3, -0.25) is 0 Å². The lowest BCUT2D eigenvalue weighted by Crippen LogP contribution is -2.20. The maximum atomic E-state index is 14.3. The van der Waals surface area contributed by atoms with E-state index in [4.69, 9.17) is 4.74 Å². The van der Waals surface area contributed by atoms with E-state index < -0.39 is 0 Å². The molecule has 0 amide bonds. The number of aryl methyl sites for hydroxylation is 2. The standard InChI is InChI=1S/C18H22FNO/c1-5-21-17-9-7-12(2)10-15(17)18(20-4)14-8-6-13(3)11-16(14)19/h6-11,18,20H,5H2,1-4H3. The first kappa shape index (κ1) is 15.5. The normalized spacial score (nSPS) is 12.2. The molecule has 2 aromatic carbocycles. The first-order valence-corrected chi connectivity index (χ1v) is 7.23. The van der Waals surface area contributed by atoms with Crippen LogP contribution >= 0.6 is 0 Å². The van der Waals surface area contributed by atoms with Gasteiger partial charge in [-0.1, -0.05) is 29.8 Å². The van der Waals surface area contributed by atoms with Gasteiger partial charge >= 0.3 is 0 Å². The van der Waals surface area contributed by atoms with Crippen LogP contribution < -0.4 is 10.1 Å². The summed E-state index contributed by atoms with van der Waals surface area (Å²) in [6.45, 7) is 6.45. The minimum Gasteiger partial charge on any atom is -0.494 e. The van der Waals surface area contributed by atoms with E-state index in [-0.39, 0.29) is 11.9 Å². The fraction of sp³-hybridized carbons (Fsp3) is 0.333. The highest BCUT2D eigenvalue weighted by Crippen LogP contribution is 2.32. The van der Waals surface area contributed by atoms with E-state index in [2.05, 4.69) is 5.32 Å². The van der Waals surface area contributed by atoms with Crippen molar-refractivity contribution >= 4 is 0 Å². The second-order valence-electron chi connectivity index (χ2n) is 5.22. The molecule has 3 heteroatoms. The highest BCUT2D eigenvalue weighted by Gasteiger charge is 2.20. The van der Waals surface area contributed by atoms with Crippen molar-refractivity contribution in [2.24, 2.45) is 0 Å². The zero-order valence-electron chi connectivity index (χ0n) is 13.0. The number of rotatable bonds is 5. The van der Waals surface area contributed by atoms with Crippen molar-refractivity contribution in [3.63, 3.8) is 0 Å². The van der Waals surface area contributed by atoms with Gasteiger partial charge in [0, 0.05) is 11.1 Å². The van der Waals surface area contributed by atoms with Crippen molar-refractivity contribution < 1.29 is 9.13 Å². The van der Waals surface area contributed by atoms with Crippen LogP contribution in [0.3, 0.4) is 0 Å². The first-order chi connectivity index (χ1) is 10.1. The summed E-state index contributed by atoms with van der Waals surface area (Å²) in [7, 11) is 1.84. The summed E-state index contributed by atoms with van der Waals surface area (Å²) >= 11 is 0. The quantitative estimate of drug-likeness (QED) is 0.892. The lowest BCUT2D eigenvalue weighted by atomic mass is 9.95. The molecular weight excluding hydrogens is 265 g/mol. The summed E-state index contributed by atoms with van der Waals surface area (Å²) in [6.07, 6.45) is 0. The van der Waals surface area contributed by atoms with Gasteiger partial charge in [0.15, 0.2) is 0 Å². The third-order valence-corrected chi connectivity index (χ3v) is 3.53. The summed E-state index contributed by atoms with van der Waals surface area (Å²) in [6, 6.07) is 11.1. The molecule has 0 aliphatic carbocycles. The maximum absolute atomic E-state index is 14.3. The summed E-state index contributed by atoms with van der Waals surface area (Å²) in [4.78, 5) is 0. The van der Waals surface area contributed by atoms with Crippen molar-refractivity contribution in [3.05, 3.63) is 64.5 Å². The summed E-state index contributed by atoms with van der Waals surface area (Å²) in [5.74, 6) is 0.598. The molecule has 0 fully saturated rings. The predicted octanol–water partition coefficient (Wildman–Crippen LogP) is 4.15. The molecule has 0 aliphatic heterocycles. The Morgan fingerprint density at radius 1 is 1.05 bits per heavy atom. The lowest BCUT2D eigenvalue weighted by Gasteiger charge is -2.21. The van der Waals surface area contributed by atoms with E-state index in [9.17, 15) is 4.39 Å². The number of benzene rings is 2. The third-order valence-electron chi connectivity index (χ3n) is 3.53. The largest absolute Gasteiger partial charge is 0.494 e. The molecule has 0 radical (unpaired) electrons. The zero-order valence-corrected chi connectivity index (χ0v) is 13.0. The Balaban J connectivity index is 2.52. The Hall–Kier alpha value is -1.87. The molecule has 112 valence electrons. The Morgan fingerprint density at radius 2 is 1.71 bits per heavy atom. The van der Waals surface area contributed by atoms with E-state index in [1.165, 1.54) is 0 Å². The molecular formula is C18H22FNO. The highest BCUT2D eigenvalue weighted by atomic mass is 19.1. The summed E-state index contributed by atoms with van der Waals surface area (Å²) < 4.78 is 20.0. The predicted molar refractivity (Wildman–Crippen MR) is 84.4 cm³/mol. The van der Waals surface area contributed by atoms with E-state index in [0.29, 0.717) is 12.2 Å². The number of hydrogen-bond acceptors (Lipinski definition) is 2. The molecule has 0 saturated carbocycles. The highest BCUT2D eigenvalue weighted by molar-refractivity contribution is 5.44. The number of halogens is 1. The van der Waals surface area contributed by atoms with Crippen molar-refractivity contribution in [3.8, 4) is 5.75 Å². The number of ether oxygens (including phenoxy) is 1. The molecule has 1 unspecified atom stereocenters. The molecule has 0 saturated heterocycles. The number of hydrogen-bond donors (Lipinski definition) is 1. The fourth-order valence-electron chi connectivity index (χ4n) is 2.53. The van der Waals surface area contributed by atoms with E-state index in [1.807, 2.05) is 58.2 Å². The van der Waals surface area contributed by atoms with Gasteiger partial charge < -0.3 is 10.1 Å². The van der Waals surface area contributed by atoms with Gasteiger partial charge in [-0.2, -0.15) is 0 Å². The Labute approximate surface area is 126 Å². The minimum absolute atomic E-state index is 0.196. The molecule has 2 aromatic rings. The van der Waals surface area contributed by atoms with Crippen LogP contribution in [0.5, 0.6) is 5.75 Å². The van der Waals surface area contributed by atoms with Gasteiger partial charge in [0.2, 0.25) is 0 Å². The summed E-state index contributed by atoms with van der Waals surface area (Å²) in [5.41, 5.74) is 3.64. The SMILES string of the molecule is CCOc1ccc(C)cc1C(NC)c1ccc(C)cc1F. The maximum Gasteiger partial charge on any atom is 0.128 e. The molecule has 0 heterocycles. The van der Waals surface area contributed by atoms with Crippen LogP contribution in [-0.2, 0) is 0 Å². The van der Waals surface area contributed by atoms with Gasteiger partial charge in [-0.25, -0.2) is 4.39 Å². The van der Waals surface area contributed by atoms with Crippen LogP contribution in [0.1, 0.15) is 35.2 Å². The molecule has 2 nitrogen and oxygen atoms in total. The molecule has 0 spiro atoms. The zero-order chi connectivity index (χ0) is 15.4. The molecule has 0 bridgehead atoms. The molecule has 1 atom stereocenters. The van der Waals surface area contributed by atoms with Crippen molar-refractivity contribution in [2.75, 3.05) is 13.7 Å². The Morgan fingerprint density at radius 3 is 2.33 bits per heavy atom. The van der Waals surface area contributed by atoms with Gasteiger partial charge in [0.1, 0.15) is 11.6 Å². The Bertz CT molecular complexity index is 625. The summed E-state index contributed by atoms with van der Waals surface area (Å²) in [5, 5.41) is 3.20. The van der Waals surface area contributed by atoms with Gasteiger partial charge in [0.05, 0.1) is 12.6 Å². The van der Waals surface area contributed by atoms with Crippen LogP contribution in [-0.4, -0.2) is 13.7 Å². The second-order valence-corrected chi connectivity index (χ2v) is 5.22. The van der Waals surface area contributed by atoms with Gasteiger partial charge in [0.25, 0.3) is 0 Å². The van der Waals surface area contributed by atoms with Crippen molar-refractivity contribution in [1.29, 1.82) is 0 Å². The lowest BCUT2D eigenvalue weighted by molar-refractivity contribution is 0.333. The van der Waals surface area contributed by atoms with Crippen LogP contribution in [0.2, 0.25) is 0 Å². The smallest absolute Gasteiger partial charge is 0.128 e. The van der Waals surface area contributed by atoms with Crippen molar-refractivity contribution in [1.82, 2.24) is 5.32 Å². The topological polar surface area (TPSA) is 21.3 Å². The monoisotopic (exact) mass is 287 g/mol. The molecule has 0 aromatic heterocycles. The van der Waals surface area contributed by atoms with Gasteiger partial charge in [-0.15, -0.1) is 0 Å². The number of nitrogens with one attached hydrogen (secondary N) is 1. The van der Waals surface area contributed by atoms with E-state index in [1.54, 1.807) is 6.07 Å². The van der Waals surface area contributed by atoms with Gasteiger partial charge in [-0.05, 0) is 45.5 Å². The Kier molecular flexibility index (Phi) is 4.97. The van der Waals surface area contributed by atoms with E-state index in [0.717, 1.165) is 22.4 Å². The van der Waals surface area contributed by atoms with Crippen LogP contribution in [0.25, 0.3) is 0 Å².